The summed E-state index contributed by atoms with van der Waals surface area (Å²) in [7, 11) is 0. The number of urea groups is 1. The minimum absolute atomic E-state index is 0.0846. The lowest BCUT2D eigenvalue weighted by atomic mass is 9.87. The normalized spacial score (nSPS) is 27.0. The molecule has 1 rings (SSSR count). The van der Waals surface area contributed by atoms with E-state index in [1.807, 2.05) is 6.92 Å². The number of amides is 2. The van der Waals surface area contributed by atoms with E-state index in [2.05, 4.69) is 10.6 Å². The van der Waals surface area contributed by atoms with Crippen molar-refractivity contribution in [3.63, 3.8) is 0 Å². The Bertz CT molecular complexity index is 177. The molecule has 1 fully saturated rings. The van der Waals surface area contributed by atoms with Gasteiger partial charge in [-0.3, -0.25) is 0 Å². The molecule has 0 bridgehead atoms. The van der Waals surface area contributed by atoms with Gasteiger partial charge in [-0.05, 0) is 38.5 Å². The first-order valence-electron chi connectivity index (χ1n) is 5.42. The average Bonchev–Trinajstić information content (AvgIpc) is 2.17. The summed E-state index contributed by atoms with van der Waals surface area (Å²) in [5.74, 6) is 0.543. The topological polar surface area (TPSA) is 61.4 Å². The predicted molar refractivity (Wildman–Crippen MR) is 55.0 cm³/mol. The molecule has 4 heteroatoms. The minimum atomic E-state index is -0.115. The predicted octanol–water partition coefficient (Wildman–Crippen LogP) is 0.857. The number of hydrogen-bond donors (Lipinski definition) is 3. The van der Waals surface area contributed by atoms with Crippen LogP contribution in [0.25, 0.3) is 0 Å². The van der Waals surface area contributed by atoms with Crippen LogP contribution >= 0.6 is 0 Å². The van der Waals surface area contributed by atoms with Gasteiger partial charge in [0.15, 0.2) is 0 Å². The first-order chi connectivity index (χ1) is 6.72. The molecule has 1 aliphatic rings. The summed E-state index contributed by atoms with van der Waals surface area (Å²) < 4.78 is 0. The Morgan fingerprint density at radius 3 is 2.50 bits per heavy atom. The highest BCUT2D eigenvalue weighted by Gasteiger charge is 2.19. The fourth-order valence-electron chi connectivity index (χ4n) is 1.81. The van der Waals surface area contributed by atoms with Crippen molar-refractivity contribution in [1.82, 2.24) is 10.6 Å². The quantitative estimate of drug-likeness (QED) is 0.632. The zero-order chi connectivity index (χ0) is 10.4. The molecule has 2 amide bonds. The summed E-state index contributed by atoms with van der Waals surface area (Å²) in [6.45, 7) is 3.30. The van der Waals surface area contributed by atoms with Crippen molar-refractivity contribution in [2.45, 2.75) is 38.7 Å². The average molecular weight is 200 g/mol. The van der Waals surface area contributed by atoms with Gasteiger partial charge in [-0.2, -0.15) is 0 Å². The molecule has 0 saturated heterocycles. The highest BCUT2D eigenvalue weighted by molar-refractivity contribution is 5.73. The van der Waals surface area contributed by atoms with Crippen molar-refractivity contribution in [2.75, 3.05) is 13.1 Å². The number of carbonyl (C=O) groups excluding carboxylic acids is 1. The maximum absolute atomic E-state index is 11.1. The van der Waals surface area contributed by atoms with Gasteiger partial charge in [-0.25, -0.2) is 4.79 Å². The van der Waals surface area contributed by atoms with Gasteiger partial charge in [-0.1, -0.05) is 0 Å². The number of carbonyl (C=O) groups is 1. The molecular weight excluding hydrogens is 180 g/mol. The molecule has 0 atom stereocenters. The van der Waals surface area contributed by atoms with Crippen LogP contribution in [0.3, 0.4) is 0 Å². The Morgan fingerprint density at radius 1 is 1.29 bits per heavy atom. The van der Waals surface area contributed by atoms with Crippen LogP contribution in [-0.4, -0.2) is 30.3 Å². The third kappa shape index (κ3) is 3.96. The molecule has 14 heavy (non-hydrogen) atoms. The molecule has 0 aromatic carbocycles. The number of nitrogens with one attached hydrogen (secondary N) is 2. The van der Waals surface area contributed by atoms with Gasteiger partial charge in [0.2, 0.25) is 0 Å². The number of hydrogen-bond acceptors (Lipinski definition) is 2. The molecule has 0 aliphatic heterocycles. The molecule has 0 aromatic rings. The third-order valence-corrected chi connectivity index (χ3v) is 2.70. The van der Waals surface area contributed by atoms with Gasteiger partial charge in [0.1, 0.15) is 0 Å². The fourth-order valence-corrected chi connectivity index (χ4v) is 1.81. The van der Waals surface area contributed by atoms with E-state index in [-0.39, 0.29) is 12.1 Å². The summed E-state index contributed by atoms with van der Waals surface area (Å²) in [5.41, 5.74) is 0. The first-order valence-corrected chi connectivity index (χ1v) is 5.42. The molecule has 1 saturated carbocycles. The van der Waals surface area contributed by atoms with Crippen LogP contribution in [0, 0.1) is 5.92 Å². The highest BCUT2D eigenvalue weighted by atomic mass is 16.3. The van der Waals surface area contributed by atoms with E-state index in [0.717, 1.165) is 32.2 Å². The van der Waals surface area contributed by atoms with E-state index >= 15 is 0 Å². The summed E-state index contributed by atoms with van der Waals surface area (Å²) in [6.07, 6.45) is 3.68. The molecule has 1 aliphatic carbocycles. The van der Waals surface area contributed by atoms with Crippen molar-refractivity contribution in [3.8, 4) is 0 Å². The molecule has 0 aromatic heterocycles. The van der Waals surface area contributed by atoms with E-state index in [1.165, 1.54) is 0 Å². The van der Waals surface area contributed by atoms with Gasteiger partial charge in [0.05, 0.1) is 6.10 Å². The zero-order valence-electron chi connectivity index (χ0n) is 8.75. The lowest BCUT2D eigenvalue weighted by molar-refractivity contribution is 0.109. The molecule has 0 radical (unpaired) electrons. The van der Waals surface area contributed by atoms with Crippen molar-refractivity contribution in [1.29, 1.82) is 0 Å². The lowest BCUT2D eigenvalue weighted by Gasteiger charge is -2.25. The second-order valence-electron chi connectivity index (χ2n) is 3.91. The van der Waals surface area contributed by atoms with Crippen LogP contribution in [0.5, 0.6) is 0 Å². The van der Waals surface area contributed by atoms with E-state index in [0.29, 0.717) is 12.5 Å². The van der Waals surface area contributed by atoms with E-state index in [9.17, 15) is 9.90 Å². The lowest BCUT2D eigenvalue weighted by Crippen LogP contribution is -2.39. The largest absolute Gasteiger partial charge is 0.393 e. The van der Waals surface area contributed by atoms with Crippen LogP contribution < -0.4 is 10.6 Å². The Labute approximate surface area is 85.1 Å². The van der Waals surface area contributed by atoms with Gasteiger partial charge >= 0.3 is 6.03 Å². The monoisotopic (exact) mass is 200 g/mol. The van der Waals surface area contributed by atoms with Crippen LogP contribution in [0.4, 0.5) is 4.79 Å². The van der Waals surface area contributed by atoms with Gasteiger partial charge in [0.25, 0.3) is 0 Å². The van der Waals surface area contributed by atoms with E-state index in [4.69, 9.17) is 0 Å². The van der Waals surface area contributed by atoms with Crippen molar-refractivity contribution in [3.05, 3.63) is 0 Å². The maximum Gasteiger partial charge on any atom is 0.314 e. The highest BCUT2D eigenvalue weighted by Crippen LogP contribution is 2.23. The summed E-state index contributed by atoms with van der Waals surface area (Å²) in [6, 6.07) is -0.0846. The minimum Gasteiger partial charge on any atom is -0.393 e. The van der Waals surface area contributed by atoms with Gasteiger partial charge < -0.3 is 15.7 Å². The van der Waals surface area contributed by atoms with Crippen LogP contribution in [-0.2, 0) is 0 Å². The van der Waals surface area contributed by atoms with E-state index in [1.54, 1.807) is 0 Å². The van der Waals surface area contributed by atoms with Crippen molar-refractivity contribution in [2.24, 2.45) is 5.92 Å². The van der Waals surface area contributed by atoms with Crippen LogP contribution in [0.2, 0.25) is 0 Å². The standard InChI is InChI=1S/C10H20N2O2/c1-2-11-10(14)12-7-8-3-5-9(13)6-4-8/h8-9,13H,2-7H2,1H3,(H2,11,12,14). The smallest absolute Gasteiger partial charge is 0.314 e. The summed E-state index contributed by atoms with van der Waals surface area (Å²) in [4.78, 5) is 11.1. The summed E-state index contributed by atoms with van der Waals surface area (Å²) >= 11 is 0. The second-order valence-corrected chi connectivity index (χ2v) is 3.91. The fraction of sp³-hybridized carbons (Fsp3) is 0.900. The SMILES string of the molecule is CCNC(=O)NCC1CCC(O)CC1. The zero-order valence-corrected chi connectivity index (χ0v) is 8.75. The molecule has 4 nitrogen and oxygen atoms in total. The van der Waals surface area contributed by atoms with E-state index < -0.39 is 0 Å². The number of aliphatic hydroxyl groups excluding tert-OH is 1. The Hall–Kier alpha value is -0.770. The molecule has 0 unspecified atom stereocenters. The maximum atomic E-state index is 11.1. The second kappa shape index (κ2) is 5.86. The molecule has 82 valence electrons. The molecule has 3 N–H and O–H groups in total. The first kappa shape index (κ1) is 11.3. The molecular formula is C10H20N2O2. The van der Waals surface area contributed by atoms with Gasteiger partial charge in [0, 0.05) is 13.1 Å². The van der Waals surface area contributed by atoms with Crippen LogP contribution in [0.1, 0.15) is 32.6 Å². The molecule has 0 spiro atoms. The number of rotatable bonds is 3. The Morgan fingerprint density at radius 2 is 1.93 bits per heavy atom. The third-order valence-electron chi connectivity index (χ3n) is 2.70. The number of aliphatic hydroxyl groups is 1. The van der Waals surface area contributed by atoms with Crippen molar-refractivity contribution < 1.29 is 9.90 Å². The summed E-state index contributed by atoms with van der Waals surface area (Å²) in [5, 5.41) is 14.8. The van der Waals surface area contributed by atoms with Crippen molar-refractivity contribution >= 4 is 6.03 Å². The Kier molecular flexibility index (Phi) is 4.73. The molecule has 0 heterocycles. The van der Waals surface area contributed by atoms with Crippen LogP contribution in [0.15, 0.2) is 0 Å². The van der Waals surface area contributed by atoms with Gasteiger partial charge in [-0.15, -0.1) is 0 Å². The Balaban J connectivity index is 2.09.